The first kappa shape index (κ1) is 18.4. The number of aliphatic hydroxyl groups is 1. The molecule has 1 amide bonds. The molecule has 2 aliphatic heterocycles. The van der Waals surface area contributed by atoms with Crippen LogP contribution in [-0.4, -0.2) is 66.3 Å². The molecule has 0 spiro atoms. The summed E-state index contributed by atoms with van der Waals surface area (Å²) >= 11 is 0. The number of carbonyl (C=O) groups is 1. The molecule has 2 aliphatic rings. The molecule has 1 aromatic carbocycles. The fourth-order valence-electron chi connectivity index (χ4n) is 3.94. The normalized spacial score (nSPS) is 20.7. The quantitative estimate of drug-likeness (QED) is 0.889. The van der Waals surface area contributed by atoms with E-state index in [4.69, 9.17) is 4.74 Å². The predicted molar refractivity (Wildman–Crippen MR) is 97.5 cm³/mol. The Kier molecular flexibility index (Phi) is 6.10. The number of ether oxygens (including phenoxy) is 1. The zero-order valence-electron chi connectivity index (χ0n) is 15.2. The Morgan fingerprint density at radius 2 is 1.96 bits per heavy atom. The molecular formula is C20H30N2O3. The van der Waals surface area contributed by atoms with Crippen molar-refractivity contribution in [3.8, 4) is 0 Å². The van der Waals surface area contributed by atoms with Gasteiger partial charge >= 0.3 is 0 Å². The molecule has 2 fully saturated rings. The number of rotatable bonds is 5. The van der Waals surface area contributed by atoms with Crippen LogP contribution in [0, 0.1) is 0 Å². The highest BCUT2D eigenvalue weighted by Gasteiger charge is 2.36. The molecule has 0 bridgehead atoms. The van der Waals surface area contributed by atoms with Crippen LogP contribution in [0.2, 0.25) is 0 Å². The van der Waals surface area contributed by atoms with Crippen LogP contribution in [0.3, 0.4) is 0 Å². The Hall–Kier alpha value is -1.43. The van der Waals surface area contributed by atoms with Crippen LogP contribution in [0.5, 0.6) is 0 Å². The number of likely N-dealkylation sites (N-methyl/N-ethyl adjacent to an activating group) is 1. The van der Waals surface area contributed by atoms with E-state index in [1.165, 1.54) is 6.42 Å². The Balaban J connectivity index is 1.69. The SMILES string of the molecule is CN(Cc1cccc(C(=O)N2CCCCC2)c1)C1(CO)CCOCC1. The lowest BCUT2D eigenvalue weighted by molar-refractivity contribution is -0.0493. The fourth-order valence-corrected chi connectivity index (χ4v) is 3.94. The number of hydrogen-bond acceptors (Lipinski definition) is 4. The smallest absolute Gasteiger partial charge is 0.253 e. The van der Waals surface area contributed by atoms with Gasteiger partial charge in [0.25, 0.3) is 5.91 Å². The Bertz CT molecular complexity index is 578. The van der Waals surface area contributed by atoms with Crippen molar-refractivity contribution < 1.29 is 14.6 Å². The van der Waals surface area contributed by atoms with Crippen molar-refractivity contribution in [2.24, 2.45) is 0 Å². The molecule has 1 aromatic rings. The average Bonchev–Trinajstić information content (AvgIpc) is 2.68. The summed E-state index contributed by atoms with van der Waals surface area (Å²) in [5, 5.41) is 9.94. The highest BCUT2D eigenvalue weighted by atomic mass is 16.5. The molecule has 2 saturated heterocycles. The third-order valence-corrected chi connectivity index (χ3v) is 5.76. The summed E-state index contributed by atoms with van der Waals surface area (Å²) < 4.78 is 5.46. The molecule has 0 unspecified atom stereocenters. The molecule has 3 rings (SSSR count). The van der Waals surface area contributed by atoms with Crippen LogP contribution < -0.4 is 0 Å². The maximum Gasteiger partial charge on any atom is 0.253 e. The van der Waals surface area contributed by atoms with Crippen molar-refractivity contribution in [2.75, 3.05) is 40.0 Å². The van der Waals surface area contributed by atoms with Crippen molar-refractivity contribution in [3.63, 3.8) is 0 Å². The van der Waals surface area contributed by atoms with E-state index in [0.717, 1.165) is 56.4 Å². The minimum absolute atomic E-state index is 0.138. The lowest BCUT2D eigenvalue weighted by atomic mass is 9.89. The Morgan fingerprint density at radius 1 is 1.24 bits per heavy atom. The number of aliphatic hydroxyl groups excluding tert-OH is 1. The maximum atomic E-state index is 12.7. The van der Waals surface area contributed by atoms with Crippen LogP contribution in [0.1, 0.15) is 48.0 Å². The Morgan fingerprint density at radius 3 is 2.64 bits per heavy atom. The van der Waals surface area contributed by atoms with E-state index in [2.05, 4.69) is 18.0 Å². The van der Waals surface area contributed by atoms with Crippen molar-refractivity contribution in [2.45, 2.75) is 44.2 Å². The second-order valence-corrected chi connectivity index (χ2v) is 7.40. The number of carbonyl (C=O) groups excluding carboxylic acids is 1. The highest BCUT2D eigenvalue weighted by molar-refractivity contribution is 5.94. The van der Waals surface area contributed by atoms with Gasteiger partial charge in [-0.1, -0.05) is 12.1 Å². The molecule has 138 valence electrons. The Labute approximate surface area is 150 Å². The van der Waals surface area contributed by atoms with Gasteiger partial charge in [-0.2, -0.15) is 0 Å². The van der Waals surface area contributed by atoms with E-state index in [0.29, 0.717) is 13.2 Å². The lowest BCUT2D eigenvalue weighted by Gasteiger charge is -2.43. The second-order valence-electron chi connectivity index (χ2n) is 7.40. The van der Waals surface area contributed by atoms with Gasteiger partial charge in [0.2, 0.25) is 0 Å². The van der Waals surface area contributed by atoms with Gasteiger partial charge in [0.05, 0.1) is 6.61 Å². The summed E-state index contributed by atoms with van der Waals surface area (Å²) in [5.74, 6) is 0.146. The molecule has 5 nitrogen and oxygen atoms in total. The van der Waals surface area contributed by atoms with Gasteiger partial charge < -0.3 is 14.7 Å². The first-order valence-electron chi connectivity index (χ1n) is 9.43. The van der Waals surface area contributed by atoms with Gasteiger partial charge in [-0.15, -0.1) is 0 Å². The topological polar surface area (TPSA) is 53.0 Å². The molecule has 0 saturated carbocycles. The molecule has 1 N–H and O–H groups in total. The van der Waals surface area contributed by atoms with Crippen molar-refractivity contribution >= 4 is 5.91 Å². The van der Waals surface area contributed by atoms with Gasteiger partial charge in [-0.3, -0.25) is 9.69 Å². The third-order valence-electron chi connectivity index (χ3n) is 5.76. The number of benzene rings is 1. The van der Waals surface area contributed by atoms with Gasteiger partial charge in [0, 0.05) is 44.0 Å². The van der Waals surface area contributed by atoms with E-state index in [9.17, 15) is 9.90 Å². The van der Waals surface area contributed by atoms with Gasteiger partial charge in [0.15, 0.2) is 0 Å². The summed E-state index contributed by atoms with van der Waals surface area (Å²) in [4.78, 5) is 16.9. The van der Waals surface area contributed by atoms with Crippen molar-refractivity contribution in [3.05, 3.63) is 35.4 Å². The molecule has 0 aromatic heterocycles. The summed E-state index contributed by atoms with van der Waals surface area (Å²) in [5.41, 5.74) is 1.67. The average molecular weight is 346 g/mol. The van der Waals surface area contributed by atoms with E-state index >= 15 is 0 Å². The molecule has 0 atom stereocenters. The zero-order chi connectivity index (χ0) is 17.7. The summed E-state index contributed by atoms with van der Waals surface area (Å²) in [6.45, 7) is 3.99. The van der Waals surface area contributed by atoms with Gasteiger partial charge in [-0.05, 0) is 56.8 Å². The highest BCUT2D eigenvalue weighted by Crippen LogP contribution is 2.28. The van der Waals surface area contributed by atoms with Crippen LogP contribution in [0.25, 0.3) is 0 Å². The molecule has 5 heteroatoms. The second kappa shape index (κ2) is 8.30. The van der Waals surface area contributed by atoms with Crippen LogP contribution in [-0.2, 0) is 11.3 Å². The summed E-state index contributed by atoms with van der Waals surface area (Å²) in [6.07, 6.45) is 5.12. The van der Waals surface area contributed by atoms with E-state index < -0.39 is 0 Å². The van der Waals surface area contributed by atoms with Crippen molar-refractivity contribution in [1.29, 1.82) is 0 Å². The number of likely N-dealkylation sites (tertiary alicyclic amines) is 1. The van der Waals surface area contributed by atoms with E-state index in [1.807, 2.05) is 23.1 Å². The van der Waals surface area contributed by atoms with Crippen LogP contribution in [0.4, 0.5) is 0 Å². The maximum absolute atomic E-state index is 12.7. The molecular weight excluding hydrogens is 316 g/mol. The largest absolute Gasteiger partial charge is 0.394 e. The minimum Gasteiger partial charge on any atom is -0.394 e. The number of nitrogens with zero attached hydrogens (tertiary/aromatic N) is 2. The zero-order valence-corrected chi connectivity index (χ0v) is 15.2. The van der Waals surface area contributed by atoms with E-state index in [1.54, 1.807) is 0 Å². The minimum atomic E-state index is -0.217. The lowest BCUT2D eigenvalue weighted by Crippen LogP contribution is -2.52. The standard InChI is InChI=1S/C20H30N2O3/c1-21(20(16-23)8-12-25-13-9-20)15-17-6-5-7-18(14-17)19(24)22-10-3-2-4-11-22/h5-7,14,23H,2-4,8-13,15-16H2,1H3. The monoisotopic (exact) mass is 346 g/mol. The van der Waals surface area contributed by atoms with Crippen molar-refractivity contribution in [1.82, 2.24) is 9.80 Å². The van der Waals surface area contributed by atoms with Gasteiger partial charge in [0.1, 0.15) is 0 Å². The fraction of sp³-hybridized carbons (Fsp3) is 0.650. The number of piperidine rings is 1. The first-order chi connectivity index (χ1) is 12.1. The predicted octanol–water partition coefficient (Wildman–Crippen LogP) is 2.29. The third kappa shape index (κ3) is 4.22. The van der Waals surface area contributed by atoms with Gasteiger partial charge in [-0.25, -0.2) is 0 Å². The molecule has 25 heavy (non-hydrogen) atoms. The number of hydrogen-bond donors (Lipinski definition) is 1. The molecule has 0 aliphatic carbocycles. The first-order valence-corrected chi connectivity index (χ1v) is 9.43. The van der Waals surface area contributed by atoms with E-state index in [-0.39, 0.29) is 18.1 Å². The van der Waals surface area contributed by atoms with Crippen LogP contribution in [0.15, 0.2) is 24.3 Å². The number of amides is 1. The molecule has 2 heterocycles. The summed E-state index contributed by atoms with van der Waals surface area (Å²) in [6, 6.07) is 7.96. The van der Waals surface area contributed by atoms with Crippen LogP contribution >= 0.6 is 0 Å². The molecule has 0 radical (unpaired) electrons. The summed E-state index contributed by atoms with van der Waals surface area (Å²) in [7, 11) is 2.06.